The SMILES string of the molecule is N#CC1(C#N)OC(C#N)(C#N)c2ccccc21. The standard InChI is InChI=1S/C12H4N4O/c13-5-11(6-14)9-3-1-2-4-10(9)12(7-15,8-16)17-11/h1-4H. The lowest BCUT2D eigenvalue weighted by molar-refractivity contribution is -0.0168. The minimum Gasteiger partial charge on any atom is -0.305 e. The molecular weight excluding hydrogens is 216 g/mol. The van der Waals surface area contributed by atoms with Crippen LogP contribution < -0.4 is 0 Å². The number of hydrogen-bond acceptors (Lipinski definition) is 5. The fourth-order valence-electron chi connectivity index (χ4n) is 1.82. The molecule has 1 aliphatic rings. The van der Waals surface area contributed by atoms with Gasteiger partial charge in [0.15, 0.2) is 0 Å². The molecule has 0 bridgehead atoms. The summed E-state index contributed by atoms with van der Waals surface area (Å²) in [6, 6.07) is 13.2. The van der Waals surface area contributed by atoms with Gasteiger partial charge in [-0.25, -0.2) is 0 Å². The summed E-state index contributed by atoms with van der Waals surface area (Å²) >= 11 is 0. The van der Waals surface area contributed by atoms with Crippen molar-refractivity contribution in [3.63, 3.8) is 0 Å². The van der Waals surface area contributed by atoms with Crippen LogP contribution in [0.15, 0.2) is 24.3 Å². The zero-order valence-electron chi connectivity index (χ0n) is 8.51. The molecule has 0 spiro atoms. The van der Waals surface area contributed by atoms with Gasteiger partial charge in [-0.05, 0) is 0 Å². The lowest BCUT2D eigenvalue weighted by Gasteiger charge is -2.15. The van der Waals surface area contributed by atoms with Crippen molar-refractivity contribution in [2.24, 2.45) is 0 Å². The Bertz CT molecular complexity index is 566. The van der Waals surface area contributed by atoms with Gasteiger partial charge in [0, 0.05) is 11.1 Å². The first-order valence-electron chi connectivity index (χ1n) is 4.63. The molecule has 1 aromatic carbocycles. The molecule has 0 saturated carbocycles. The Labute approximate surface area is 97.3 Å². The lowest BCUT2D eigenvalue weighted by Crippen LogP contribution is -2.28. The van der Waals surface area contributed by atoms with Crippen LogP contribution in [-0.4, -0.2) is 0 Å². The zero-order valence-corrected chi connectivity index (χ0v) is 8.51. The summed E-state index contributed by atoms with van der Waals surface area (Å²) in [4.78, 5) is 0. The van der Waals surface area contributed by atoms with Crippen LogP contribution in [0, 0.1) is 45.3 Å². The molecule has 0 aromatic heterocycles. The Kier molecular flexibility index (Phi) is 2.08. The van der Waals surface area contributed by atoms with Crippen LogP contribution in [0.1, 0.15) is 11.1 Å². The second kappa shape index (κ2) is 3.32. The van der Waals surface area contributed by atoms with Gasteiger partial charge in [-0.3, -0.25) is 0 Å². The summed E-state index contributed by atoms with van der Waals surface area (Å²) in [6.07, 6.45) is 0. The molecule has 5 heteroatoms. The summed E-state index contributed by atoms with van der Waals surface area (Å²) in [7, 11) is 0. The number of rotatable bonds is 0. The van der Waals surface area contributed by atoms with Gasteiger partial charge in [0.1, 0.15) is 24.3 Å². The highest BCUT2D eigenvalue weighted by atomic mass is 16.5. The fraction of sp³-hybridized carbons (Fsp3) is 0.167. The van der Waals surface area contributed by atoms with E-state index in [4.69, 9.17) is 25.8 Å². The molecule has 0 amide bonds. The number of ether oxygens (including phenoxy) is 1. The van der Waals surface area contributed by atoms with E-state index in [-0.39, 0.29) is 11.1 Å². The highest BCUT2D eigenvalue weighted by Gasteiger charge is 2.55. The van der Waals surface area contributed by atoms with E-state index in [0.717, 1.165) is 0 Å². The first kappa shape index (κ1) is 10.7. The highest BCUT2D eigenvalue weighted by Crippen LogP contribution is 2.46. The summed E-state index contributed by atoms with van der Waals surface area (Å²) < 4.78 is 5.16. The van der Waals surface area contributed by atoms with Gasteiger partial charge in [-0.2, -0.15) is 21.0 Å². The summed E-state index contributed by atoms with van der Waals surface area (Å²) in [5.74, 6) is 0. The normalized spacial score (nSPS) is 17.9. The van der Waals surface area contributed by atoms with E-state index >= 15 is 0 Å². The van der Waals surface area contributed by atoms with Crippen molar-refractivity contribution in [2.75, 3.05) is 0 Å². The Hall–Kier alpha value is -2.86. The second-order valence-electron chi connectivity index (χ2n) is 3.46. The lowest BCUT2D eigenvalue weighted by atomic mass is 9.90. The first-order valence-corrected chi connectivity index (χ1v) is 4.63. The fourth-order valence-corrected chi connectivity index (χ4v) is 1.82. The third kappa shape index (κ3) is 1.12. The molecule has 1 aromatic rings. The van der Waals surface area contributed by atoms with E-state index in [1.54, 1.807) is 36.4 Å². The van der Waals surface area contributed by atoms with Gasteiger partial charge < -0.3 is 4.74 Å². The van der Waals surface area contributed by atoms with Crippen molar-refractivity contribution in [2.45, 2.75) is 11.2 Å². The van der Waals surface area contributed by atoms with Crippen LogP contribution in [0.25, 0.3) is 0 Å². The van der Waals surface area contributed by atoms with Crippen molar-refractivity contribution in [1.29, 1.82) is 21.0 Å². The van der Waals surface area contributed by atoms with Crippen LogP contribution in [0.4, 0.5) is 0 Å². The summed E-state index contributed by atoms with van der Waals surface area (Å²) in [5, 5.41) is 36.3. The Balaban J connectivity index is 2.83. The number of fused-ring (bicyclic) bond motifs is 1. The van der Waals surface area contributed by atoms with Crippen molar-refractivity contribution in [1.82, 2.24) is 0 Å². The van der Waals surface area contributed by atoms with Crippen LogP contribution >= 0.6 is 0 Å². The molecular formula is C12H4N4O. The second-order valence-corrected chi connectivity index (χ2v) is 3.46. The van der Waals surface area contributed by atoms with Crippen LogP contribution in [0.3, 0.4) is 0 Å². The van der Waals surface area contributed by atoms with E-state index in [2.05, 4.69) is 0 Å². The largest absolute Gasteiger partial charge is 0.305 e. The van der Waals surface area contributed by atoms with Crippen LogP contribution in [-0.2, 0) is 15.9 Å². The molecule has 0 radical (unpaired) electrons. The maximum atomic E-state index is 9.07. The molecule has 17 heavy (non-hydrogen) atoms. The van der Waals surface area contributed by atoms with E-state index in [1.807, 2.05) is 0 Å². The van der Waals surface area contributed by atoms with Gasteiger partial charge in [-0.15, -0.1) is 0 Å². The van der Waals surface area contributed by atoms with Crippen molar-refractivity contribution < 1.29 is 4.74 Å². The summed E-state index contributed by atoms with van der Waals surface area (Å²) in [6.45, 7) is 0. The van der Waals surface area contributed by atoms with E-state index in [0.29, 0.717) is 0 Å². The van der Waals surface area contributed by atoms with Crippen molar-refractivity contribution >= 4 is 0 Å². The number of hydrogen-bond donors (Lipinski definition) is 0. The smallest absolute Gasteiger partial charge is 0.270 e. The third-order valence-corrected chi connectivity index (χ3v) is 2.62. The minimum absolute atomic E-state index is 0.258. The van der Waals surface area contributed by atoms with Gasteiger partial charge in [0.25, 0.3) is 11.2 Å². The maximum absolute atomic E-state index is 9.07. The predicted molar refractivity (Wildman–Crippen MR) is 53.3 cm³/mol. The maximum Gasteiger partial charge on any atom is 0.270 e. The Morgan fingerprint density at radius 2 is 1.12 bits per heavy atom. The van der Waals surface area contributed by atoms with Crippen molar-refractivity contribution in [3.8, 4) is 24.3 Å². The molecule has 5 nitrogen and oxygen atoms in total. The van der Waals surface area contributed by atoms with Gasteiger partial charge in [0.05, 0.1) is 0 Å². The molecule has 2 rings (SSSR count). The first-order chi connectivity index (χ1) is 8.18. The van der Waals surface area contributed by atoms with Gasteiger partial charge in [0.2, 0.25) is 0 Å². The monoisotopic (exact) mass is 220 g/mol. The summed E-state index contributed by atoms with van der Waals surface area (Å²) in [5.41, 5.74) is -3.26. The molecule has 0 fully saturated rings. The number of benzene rings is 1. The number of nitrogens with zero attached hydrogens (tertiary/aromatic N) is 4. The molecule has 0 atom stereocenters. The molecule has 0 saturated heterocycles. The molecule has 1 aliphatic heterocycles. The van der Waals surface area contributed by atoms with Crippen molar-refractivity contribution in [3.05, 3.63) is 35.4 Å². The highest BCUT2D eigenvalue weighted by molar-refractivity contribution is 5.54. The number of nitriles is 4. The van der Waals surface area contributed by atoms with Gasteiger partial charge >= 0.3 is 0 Å². The molecule has 78 valence electrons. The third-order valence-electron chi connectivity index (χ3n) is 2.62. The van der Waals surface area contributed by atoms with Gasteiger partial charge in [-0.1, -0.05) is 24.3 Å². The molecule has 1 heterocycles. The van der Waals surface area contributed by atoms with Crippen LogP contribution in [0.2, 0.25) is 0 Å². The van der Waals surface area contributed by atoms with Crippen LogP contribution in [0.5, 0.6) is 0 Å². The Morgan fingerprint density at radius 3 is 1.41 bits per heavy atom. The van der Waals surface area contributed by atoms with E-state index < -0.39 is 11.2 Å². The average molecular weight is 220 g/mol. The zero-order chi connectivity index (χ0) is 12.5. The molecule has 0 N–H and O–H groups in total. The topological polar surface area (TPSA) is 104 Å². The van der Waals surface area contributed by atoms with E-state index in [9.17, 15) is 0 Å². The predicted octanol–water partition coefficient (Wildman–Crippen LogP) is 1.20. The minimum atomic E-state index is -1.89. The van der Waals surface area contributed by atoms with E-state index in [1.165, 1.54) is 12.1 Å². The quantitative estimate of drug-likeness (QED) is 0.653. The average Bonchev–Trinajstić information content (AvgIpc) is 2.71. The molecule has 0 aliphatic carbocycles. The Morgan fingerprint density at radius 1 is 0.765 bits per heavy atom. The molecule has 0 unspecified atom stereocenters.